The molecule has 1 saturated heterocycles. The Balaban J connectivity index is 1.48. The maximum Gasteiger partial charge on any atom is 0.253 e. The van der Waals surface area contributed by atoms with E-state index in [4.69, 9.17) is 4.42 Å². The molecule has 1 atom stereocenters. The zero-order valence-corrected chi connectivity index (χ0v) is 13.0. The number of nitrogens with zero attached hydrogens (tertiary/aromatic N) is 4. The first-order valence-electron chi connectivity index (χ1n) is 7.89. The lowest BCUT2D eigenvalue weighted by Crippen LogP contribution is -2.28. The Morgan fingerprint density at radius 1 is 1.08 bits per heavy atom. The zero-order chi connectivity index (χ0) is 16.4. The third kappa shape index (κ3) is 2.78. The predicted molar refractivity (Wildman–Crippen MR) is 87.2 cm³/mol. The lowest BCUT2D eigenvalue weighted by atomic mass is 10.1. The van der Waals surface area contributed by atoms with Crippen LogP contribution >= 0.6 is 0 Å². The van der Waals surface area contributed by atoms with Gasteiger partial charge in [-0.2, -0.15) is 0 Å². The topological polar surface area (TPSA) is 72.1 Å². The predicted octanol–water partition coefficient (Wildman–Crippen LogP) is 2.76. The summed E-state index contributed by atoms with van der Waals surface area (Å²) < 4.78 is 5.80. The number of rotatable bonds is 3. The Bertz CT molecular complexity index is 832. The van der Waals surface area contributed by atoms with Gasteiger partial charge in [0.25, 0.3) is 5.91 Å². The van der Waals surface area contributed by atoms with E-state index in [2.05, 4.69) is 15.2 Å². The van der Waals surface area contributed by atoms with Gasteiger partial charge in [0.05, 0.1) is 5.92 Å². The van der Waals surface area contributed by atoms with Crippen LogP contribution in [0.1, 0.15) is 28.6 Å². The highest BCUT2D eigenvalue weighted by Gasteiger charge is 2.31. The van der Waals surface area contributed by atoms with E-state index in [0.717, 1.165) is 12.0 Å². The molecule has 24 heavy (non-hydrogen) atoms. The van der Waals surface area contributed by atoms with Crippen molar-refractivity contribution in [1.82, 2.24) is 20.1 Å². The maximum atomic E-state index is 12.5. The largest absolute Gasteiger partial charge is 0.420 e. The van der Waals surface area contributed by atoms with E-state index in [9.17, 15) is 4.79 Å². The first-order valence-corrected chi connectivity index (χ1v) is 7.89. The van der Waals surface area contributed by atoms with E-state index in [-0.39, 0.29) is 11.8 Å². The average molecular weight is 320 g/mol. The average Bonchev–Trinajstić information content (AvgIpc) is 3.32. The van der Waals surface area contributed by atoms with E-state index in [0.29, 0.717) is 30.4 Å². The van der Waals surface area contributed by atoms with Crippen molar-refractivity contribution in [3.8, 4) is 11.5 Å². The summed E-state index contributed by atoms with van der Waals surface area (Å²) in [5, 5.41) is 8.28. The summed E-state index contributed by atoms with van der Waals surface area (Å²) >= 11 is 0. The van der Waals surface area contributed by atoms with E-state index in [1.807, 2.05) is 47.4 Å². The highest BCUT2D eigenvalue weighted by atomic mass is 16.4. The normalized spacial score (nSPS) is 17.2. The lowest BCUT2D eigenvalue weighted by Gasteiger charge is -2.15. The van der Waals surface area contributed by atoms with Gasteiger partial charge in [0.15, 0.2) is 0 Å². The molecule has 1 amide bonds. The van der Waals surface area contributed by atoms with Crippen molar-refractivity contribution in [2.45, 2.75) is 12.3 Å². The van der Waals surface area contributed by atoms with Gasteiger partial charge in [-0.3, -0.25) is 9.78 Å². The standard InChI is InChI=1S/C18H16N4O2/c23-18(14-4-2-1-3-5-14)22-11-8-15(12-22)17-21-20-16(24-17)13-6-9-19-10-7-13/h1-7,9-10,15H,8,11-12H2. The quantitative estimate of drug-likeness (QED) is 0.742. The molecule has 6 nitrogen and oxygen atoms in total. The minimum Gasteiger partial charge on any atom is -0.420 e. The number of pyridine rings is 1. The lowest BCUT2D eigenvalue weighted by molar-refractivity contribution is 0.0790. The van der Waals surface area contributed by atoms with Crippen molar-refractivity contribution in [2.24, 2.45) is 0 Å². The van der Waals surface area contributed by atoms with Crippen LogP contribution in [0.3, 0.4) is 0 Å². The molecule has 4 rings (SSSR count). The SMILES string of the molecule is O=C(c1ccccc1)N1CCC(c2nnc(-c3ccncc3)o2)C1. The molecule has 3 heterocycles. The molecule has 3 aromatic rings. The van der Waals surface area contributed by atoms with Gasteiger partial charge in [-0.15, -0.1) is 10.2 Å². The number of carbonyl (C=O) groups is 1. The van der Waals surface area contributed by atoms with E-state index in [1.54, 1.807) is 12.4 Å². The molecule has 0 radical (unpaired) electrons. The molecular formula is C18H16N4O2. The van der Waals surface area contributed by atoms with Crippen molar-refractivity contribution in [1.29, 1.82) is 0 Å². The minimum atomic E-state index is 0.0481. The van der Waals surface area contributed by atoms with Crippen LogP contribution in [0.2, 0.25) is 0 Å². The summed E-state index contributed by atoms with van der Waals surface area (Å²) in [7, 11) is 0. The summed E-state index contributed by atoms with van der Waals surface area (Å²) in [6.45, 7) is 1.30. The second kappa shape index (κ2) is 6.23. The number of amides is 1. The van der Waals surface area contributed by atoms with Crippen LogP contribution in [0.15, 0.2) is 59.3 Å². The first kappa shape index (κ1) is 14.6. The highest BCUT2D eigenvalue weighted by molar-refractivity contribution is 5.94. The first-order chi connectivity index (χ1) is 11.8. The van der Waals surface area contributed by atoms with Gasteiger partial charge in [0.1, 0.15) is 0 Å². The molecule has 0 aliphatic carbocycles. The number of benzene rings is 1. The van der Waals surface area contributed by atoms with Gasteiger partial charge >= 0.3 is 0 Å². The molecule has 1 aliphatic heterocycles. The number of aromatic nitrogens is 3. The maximum absolute atomic E-state index is 12.5. The molecule has 2 aromatic heterocycles. The third-order valence-corrected chi connectivity index (χ3v) is 4.21. The van der Waals surface area contributed by atoms with Crippen molar-refractivity contribution in [3.05, 3.63) is 66.3 Å². The molecule has 1 unspecified atom stereocenters. The van der Waals surface area contributed by atoms with Crippen molar-refractivity contribution in [3.63, 3.8) is 0 Å². The molecule has 0 spiro atoms. The fraction of sp³-hybridized carbons (Fsp3) is 0.222. The van der Waals surface area contributed by atoms with Crippen LogP contribution < -0.4 is 0 Å². The Morgan fingerprint density at radius 2 is 1.88 bits per heavy atom. The number of hydrogen-bond donors (Lipinski definition) is 0. The Morgan fingerprint density at radius 3 is 2.67 bits per heavy atom. The van der Waals surface area contributed by atoms with Crippen molar-refractivity contribution in [2.75, 3.05) is 13.1 Å². The molecule has 0 N–H and O–H groups in total. The van der Waals surface area contributed by atoms with Gasteiger partial charge in [-0.1, -0.05) is 18.2 Å². The van der Waals surface area contributed by atoms with E-state index in [1.165, 1.54) is 0 Å². The van der Waals surface area contributed by atoms with Crippen LogP contribution in [0, 0.1) is 0 Å². The summed E-state index contributed by atoms with van der Waals surface area (Å²) in [5.74, 6) is 1.21. The molecule has 1 aromatic carbocycles. The van der Waals surface area contributed by atoms with Gasteiger partial charge in [0, 0.05) is 36.6 Å². The van der Waals surface area contributed by atoms with Crippen LogP contribution in [-0.4, -0.2) is 39.1 Å². The molecule has 120 valence electrons. The van der Waals surface area contributed by atoms with Crippen molar-refractivity contribution < 1.29 is 9.21 Å². The summed E-state index contributed by atoms with van der Waals surface area (Å²) in [6, 6.07) is 13.0. The molecule has 0 saturated carbocycles. The fourth-order valence-electron chi connectivity index (χ4n) is 2.92. The van der Waals surface area contributed by atoms with Crippen LogP contribution in [0.5, 0.6) is 0 Å². The Kier molecular flexibility index (Phi) is 3.78. The summed E-state index contributed by atoms with van der Waals surface area (Å²) in [6.07, 6.45) is 4.21. The fourth-order valence-corrected chi connectivity index (χ4v) is 2.92. The third-order valence-electron chi connectivity index (χ3n) is 4.21. The smallest absolute Gasteiger partial charge is 0.253 e. The van der Waals surface area contributed by atoms with Gasteiger partial charge in [-0.05, 0) is 30.7 Å². The van der Waals surface area contributed by atoms with Crippen LogP contribution in [0.25, 0.3) is 11.5 Å². The Hall–Kier alpha value is -3.02. The second-order valence-electron chi connectivity index (χ2n) is 5.78. The molecule has 0 bridgehead atoms. The molecule has 1 aliphatic rings. The van der Waals surface area contributed by atoms with Crippen LogP contribution in [-0.2, 0) is 0 Å². The van der Waals surface area contributed by atoms with Gasteiger partial charge in [-0.25, -0.2) is 0 Å². The zero-order valence-electron chi connectivity index (χ0n) is 13.0. The minimum absolute atomic E-state index is 0.0481. The number of likely N-dealkylation sites (tertiary alicyclic amines) is 1. The molecular weight excluding hydrogens is 304 g/mol. The Labute approximate surface area is 139 Å². The summed E-state index contributed by atoms with van der Waals surface area (Å²) in [4.78, 5) is 18.3. The number of hydrogen-bond acceptors (Lipinski definition) is 5. The number of carbonyl (C=O) groups excluding carboxylic acids is 1. The van der Waals surface area contributed by atoms with Gasteiger partial charge < -0.3 is 9.32 Å². The highest BCUT2D eigenvalue weighted by Crippen LogP contribution is 2.29. The van der Waals surface area contributed by atoms with E-state index >= 15 is 0 Å². The molecule has 6 heteroatoms. The van der Waals surface area contributed by atoms with Crippen molar-refractivity contribution >= 4 is 5.91 Å². The van der Waals surface area contributed by atoms with Gasteiger partial charge in [0.2, 0.25) is 11.8 Å². The van der Waals surface area contributed by atoms with E-state index < -0.39 is 0 Å². The molecule has 1 fully saturated rings. The second-order valence-corrected chi connectivity index (χ2v) is 5.78. The van der Waals surface area contributed by atoms with Crippen LogP contribution in [0.4, 0.5) is 0 Å². The summed E-state index contributed by atoms with van der Waals surface area (Å²) in [5.41, 5.74) is 1.56. The monoisotopic (exact) mass is 320 g/mol.